The van der Waals surface area contributed by atoms with Gasteiger partial charge in [0.25, 0.3) is 0 Å². The zero-order chi connectivity index (χ0) is 16.5. The Morgan fingerprint density at radius 1 is 1.25 bits per heavy atom. The second kappa shape index (κ2) is 6.58. The average Bonchev–Trinajstić information content (AvgIpc) is 2.98. The van der Waals surface area contributed by atoms with Crippen molar-refractivity contribution in [2.24, 2.45) is 5.92 Å². The Balaban J connectivity index is 1.59. The number of halogens is 1. The fraction of sp³-hybridized carbons (Fsp3) is 0.350. The van der Waals surface area contributed by atoms with Crippen LogP contribution in [-0.2, 0) is 6.54 Å². The van der Waals surface area contributed by atoms with E-state index in [9.17, 15) is 0 Å². The van der Waals surface area contributed by atoms with Gasteiger partial charge < -0.3 is 4.42 Å². The van der Waals surface area contributed by atoms with Crippen molar-refractivity contribution in [3.8, 4) is 11.5 Å². The van der Waals surface area contributed by atoms with Gasteiger partial charge >= 0.3 is 0 Å². The molecule has 0 bridgehead atoms. The first kappa shape index (κ1) is 15.7. The van der Waals surface area contributed by atoms with Crippen LogP contribution in [0.3, 0.4) is 0 Å². The minimum absolute atomic E-state index is 0.622. The summed E-state index contributed by atoms with van der Waals surface area (Å²) in [6.45, 7) is 5.70. The quantitative estimate of drug-likeness (QED) is 0.641. The lowest BCUT2D eigenvalue weighted by molar-refractivity contribution is 0.176. The molecule has 0 spiro atoms. The van der Waals surface area contributed by atoms with Gasteiger partial charge in [0.15, 0.2) is 5.58 Å². The van der Waals surface area contributed by atoms with E-state index in [0.717, 1.165) is 29.1 Å². The van der Waals surface area contributed by atoms with Gasteiger partial charge in [0.2, 0.25) is 5.89 Å². The van der Waals surface area contributed by atoms with Gasteiger partial charge in [-0.1, -0.05) is 30.7 Å². The third-order valence-electron chi connectivity index (χ3n) is 4.67. The molecule has 4 heteroatoms. The highest BCUT2D eigenvalue weighted by molar-refractivity contribution is 6.30. The maximum Gasteiger partial charge on any atom is 0.227 e. The predicted molar refractivity (Wildman–Crippen MR) is 98.1 cm³/mol. The largest absolute Gasteiger partial charge is 0.436 e. The second-order valence-corrected chi connectivity index (χ2v) is 7.25. The Morgan fingerprint density at radius 3 is 3.00 bits per heavy atom. The van der Waals surface area contributed by atoms with Gasteiger partial charge in [0.1, 0.15) is 5.52 Å². The van der Waals surface area contributed by atoms with Crippen LogP contribution in [-0.4, -0.2) is 23.0 Å². The smallest absolute Gasteiger partial charge is 0.227 e. The molecule has 1 atom stereocenters. The Hall–Kier alpha value is -1.84. The van der Waals surface area contributed by atoms with E-state index in [2.05, 4.69) is 28.9 Å². The summed E-state index contributed by atoms with van der Waals surface area (Å²) < 4.78 is 5.89. The Morgan fingerprint density at radius 2 is 2.17 bits per heavy atom. The van der Waals surface area contributed by atoms with Gasteiger partial charge in [0.05, 0.1) is 0 Å². The topological polar surface area (TPSA) is 29.3 Å². The van der Waals surface area contributed by atoms with E-state index in [0.29, 0.717) is 10.9 Å². The van der Waals surface area contributed by atoms with Gasteiger partial charge in [-0.15, -0.1) is 0 Å². The first-order valence-electron chi connectivity index (χ1n) is 8.55. The van der Waals surface area contributed by atoms with Gasteiger partial charge in [0, 0.05) is 23.7 Å². The second-order valence-electron chi connectivity index (χ2n) is 6.81. The van der Waals surface area contributed by atoms with Crippen molar-refractivity contribution in [3.63, 3.8) is 0 Å². The minimum atomic E-state index is 0.622. The first-order valence-corrected chi connectivity index (χ1v) is 8.93. The molecule has 1 aliphatic rings. The number of hydrogen-bond acceptors (Lipinski definition) is 3. The van der Waals surface area contributed by atoms with E-state index in [-0.39, 0.29) is 0 Å². The Labute approximate surface area is 147 Å². The van der Waals surface area contributed by atoms with Crippen molar-refractivity contribution in [2.45, 2.75) is 26.3 Å². The van der Waals surface area contributed by atoms with Crippen molar-refractivity contribution in [1.82, 2.24) is 9.88 Å². The van der Waals surface area contributed by atoms with Crippen LogP contribution in [0.5, 0.6) is 0 Å². The third kappa shape index (κ3) is 3.33. The summed E-state index contributed by atoms with van der Waals surface area (Å²) in [5, 5.41) is 0.690. The number of hydrogen-bond donors (Lipinski definition) is 0. The SMILES string of the molecule is C[C@@H]1CCCN(Cc2ccc3oc(-c4cccc(Cl)c4)nc3c2)C1. The summed E-state index contributed by atoms with van der Waals surface area (Å²) in [6, 6.07) is 13.9. The van der Waals surface area contributed by atoms with E-state index < -0.39 is 0 Å². The molecule has 0 radical (unpaired) electrons. The van der Waals surface area contributed by atoms with Gasteiger partial charge in [-0.05, 0) is 61.2 Å². The van der Waals surface area contributed by atoms with Crippen molar-refractivity contribution < 1.29 is 4.42 Å². The molecule has 1 fully saturated rings. The Kier molecular flexibility index (Phi) is 4.30. The zero-order valence-electron chi connectivity index (χ0n) is 13.8. The highest BCUT2D eigenvalue weighted by atomic mass is 35.5. The van der Waals surface area contributed by atoms with E-state index in [4.69, 9.17) is 16.0 Å². The number of benzene rings is 2. The lowest BCUT2D eigenvalue weighted by Gasteiger charge is -2.30. The molecule has 1 aromatic heterocycles. The number of aromatic nitrogens is 1. The molecule has 24 heavy (non-hydrogen) atoms. The molecule has 3 aromatic rings. The van der Waals surface area contributed by atoms with E-state index >= 15 is 0 Å². The fourth-order valence-corrected chi connectivity index (χ4v) is 3.70. The standard InChI is InChI=1S/C20H21ClN2O/c1-14-4-3-9-23(12-14)13-15-7-8-19-18(10-15)22-20(24-19)16-5-2-6-17(21)11-16/h2,5-8,10-11,14H,3-4,9,12-13H2,1H3/t14-/m1/s1. The molecule has 124 valence electrons. The van der Waals surface area contributed by atoms with Gasteiger partial charge in [-0.25, -0.2) is 4.98 Å². The summed E-state index contributed by atoms with van der Waals surface area (Å²) in [4.78, 5) is 7.18. The van der Waals surface area contributed by atoms with Crippen molar-refractivity contribution in [3.05, 3.63) is 53.1 Å². The molecular formula is C20H21ClN2O. The van der Waals surface area contributed by atoms with Crippen molar-refractivity contribution in [2.75, 3.05) is 13.1 Å². The number of rotatable bonds is 3. The monoisotopic (exact) mass is 340 g/mol. The van der Waals surface area contributed by atoms with Crippen LogP contribution in [0.1, 0.15) is 25.3 Å². The molecule has 0 saturated carbocycles. The van der Waals surface area contributed by atoms with Crippen molar-refractivity contribution >= 4 is 22.7 Å². The zero-order valence-corrected chi connectivity index (χ0v) is 14.6. The summed E-state index contributed by atoms with van der Waals surface area (Å²) in [7, 11) is 0. The minimum Gasteiger partial charge on any atom is -0.436 e. The average molecular weight is 341 g/mol. The molecule has 1 aliphatic heterocycles. The van der Waals surface area contributed by atoms with E-state index in [1.807, 2.05) is 30.3 Å². The summed E-state index contributed by atoms with van der Waals surface area (Å²) in [5.41, 5.74) is 3.93. The molecule has 2 aromatic carbocycles. The van der Waals surface area contributed by atoms with Crippen LogP contribution >= 0.6 is 11.6 Å². The number of nitrogens with zero attached hydrogens (tertiary/aromatic N) is 2. The number of oxazole rings is 1. The van der Waals surface area contributed by atoms with E-state index in [1.165, 1.54) is 31.5 Å². The van der Waals surface area contributed by atoms with E-state index in [1.54, 1.807) is 0 Å². The molecule has 0 amide bonds. The summed E-state index contributed by atoms with van der Waals surface area (Å²) in [5.74, 6) is 1.42. The Bertz CT molecular complexity index is 858. The highest BCUT2D eigenvalue weighted by Gasteiger charge is 2.17. The van der Waals surface area contributed by atoms with Gasteiger partial charge in [-0.2, -0.15) is 0 Å². The third-order valence-corrected chi connectivity index (χ3v) is 4.91. The molecular weight excluding hydrogens is 320 g/mol. The van der Waals surface area contributed by atoms with Crippen LogP contribution in [0.2, 0.25) is 5.02 Å². The predicted octanol–water partition coefficient (Wildman–Crippen LogP) is 5.38. The lowest BCUT2D eigenvalue weighted by Crippen LogP contribution is -2.33. The lowest BCUT2D eigenvalue weighted by atomic mass is 10.00. The molecule has 2 heterocycles. The van der Waals surface area contributed by atoms with Crippen LogP contribution < -0.4 is 0 Å². The first-order chi connectivity index (χ1) is 11.7. The molecule has 4 rings (SSSR count). The fourth-order valence-electron chi connectivity index (χ4n) is 3.50. The molecule has 1 saturated heterocycles. The molecule has 3 nitrogen and oxygen atoms in total. The normalized spacial score (nSPS) is 19.0. The van der Waals surface area contributed by atoms with Crippen LogP contribution in [0.4, 0.5) is 0 Å². The highest BCUT2D eigenvalue weighted by Crippen LogP contribution is 2.27. The van der Waals surface area contributed by atoms with Crippen LogP contribution in [0.15, 0.2) is 46.9 Å². The van der Waals surface area contributed by atoms with Crippen LogP contribution in [0.25, 0.3) is 22.6 Å². The molecule has 0 unspecified atom stereocenters. The summed E-state index contributed by atoms with van der Waals surface area (Å²) in [6.07, 6.45) is 2.65. The molecule has 0 aliphatic carbocycles. The van der Waals surface area contributed by atoms with Crippen molar-refractivity contribution in [1.29, 1.82) is 0 Å². The molecule has 0 N–H and O–H groups in total. The number of piperidine rings is 1. The summed E-state index contributed by atoms with van der Waals surface area (Å²) >= 11 is 6.06. The van der Waals surface area contributed by atoms with Crippen LogP contribution in [0, 0.1) is 5.92 Å². The maximum atomic E-state index is 6.06. The van der Waals surface area contributed by atoms with Gasteiger partial charge in [-0.3, -0.25) is 4.90 Å². The number of fused-ring (bicyclic) bond motifs is 1. The maximum absolute atomic E-state index is 6.06. The number of likely N-dealkylation sites (tertiary alicyclic amines) is 1.